The van der Waals surface area contributed by atoms with Gasteiger partial charge in [-0.2, -0.15) is 0 Å². The fourth-order valence-electron chi connectivity index (χ4n) is 0. The minimum absolute atomic E-state index is 0. The summed E-state index contributed by atoms with van der Waals surface area (Å²) in [5, 5.41) is 29.7. The van der Waals surface area contributed by atoms with Crippen LogP contribution in [0.4, 0.5) is 0 Å². The van der Waals surface area contributed by atoms with Crippen molar-refractivity contribution in [1.29, 1.82) is 0 Å². The second kappa shape index (κ2) is 49.5. The molecule has 2 radical (unpaired) electrons. The van der Waals surface area contributed by atoms with Gasteiger partial charge in [-0.05, 0) is 0 Å². The summed E-state index contributed by atoms with van der Waals surface area (Å²) in [6, 6.07) is 0. The van der Waals surface area contributed by atoms with E-state index in [0.29, 0.717) is 13.1 Å². The Morgan fingerprint density at radius 1 is 0.609 bits per heavy atom. The van der Waals surface area contributed by atoms with Gasteiger partial charge in [-0.3, -0.25) is 19.2 Å². The zero-order chi connectivity index (χ0) is 17.7. The minimum atomic E-state index is -0.833. The predicted octanol–water partition coefficient (Wildman–Crippen LogP) is -2.32. The van der Waals surface area contributed by atoms with Crippen molar-refractivity contribution in [2.75, 3.05) is 13.1 Å². The van der Waals surface area contributed by atoms with E-state index in [2.05, 4.69) is 0 Å². The third-order valence-electron chi connectivity index (χ3n) is 0.167. The van der Waals surface area contributed by atoms with Crippen molar-refractivity contribution in [3.05, 3.63) is 0 Å². The molecule has 13 heteroatoms. The molecule has 10 N–H and O–H groups in total. The number of carboxylic acid groups (broad SMARTS) is 4. The van der Waals surface area contributed by atoms with E-state index in [1.165, 1.54) is 0 Å². The SMILES string of the molecule is CC(=O)O.CC(=O)O.CC(=O)O.CC(=O)O.NCCN.O.[Na].[Na]. The summed E-state index contributed by atoms with van der Waals surface area (Å²) < 4.78 is 0. The molecule has 23 heavy (non-hydrogen) atoms. The normalized spacial score (nSPS) is 5.65. The second-order valence-corrected chi connectivity index (χ2v) is 2.65. The van der Waals surface area contributed by atoms with Crippen molar-refractivity contribution in [3.63, 3.8) is 0 Å². The molecule has 0 saturated carbocycles. The molecule has 0 aliphatic carbocycles. The Morgan fingerprint density at radius 2 is 0.652 bits per heavy atom. The van der Waals surface area contributed by atoms with Crippen molar-refractivity contribution < 1.29 is 45.1 Å². The molecule has 0 atom stereocenters. The average molecular weight is 364 g/mol. The Balaban J connectivity index is -0.0000000197. The van der Waals surface area contributed by atoms with Crippen LogP contribution in [0.3, 0.4) is 0 Å². The zero-order valence-electron chi connectivity index (χ0n) is 14.5. The van der Waals surface area contributed by atoms with E-state index in [-0.39, 0.29) is 64.6 Å². The van der Waals surface area contributed by atoms with E-state index < -0.39 is 23.9 Å². The fraction of sp³-hybridized carbons (Fsp3) is 0.600. The van der Waals surface area contributed by atoms with Gasteiger partial charge in [0, 0.05) is 99.9 Å². The fourth-order valence-corrected chi connectivity index (χ4v) is 0. The summed E-state index contributed by atoms with van der Waals surface area (Å²) in [5.74, 6) is -3.33. The maximum Gasteiger partial charge on any atom is 0.300 e. The maximum absolute atomic E-state index is 9.00. The molecule has 11 nitrogen and oxygen atoms in total. The van der Waals surface area contributed by atoms with E-state index in [9.17, 15) is 0 Å². The zero-order valence-corrected chi connectivity index (χ0v) is 18.5. The number of carbonyl (C=O) groups is 4. The van der Waals surface area contributed by atoms with Crippen LogP contribution in [-0.2, 0) is 19.2 Å². The van der Waals surface area contributed by atoms with Crippen molar-refractivity contribution in [2.24, 2.45) is 11.5 Å². The first-order valence-electron chi connectivity index (χ1n) is 5.03. The van der Waals surface area contributed by atoms with Gasteiger partial charge in [-0.1, -0.05) is 0 Å². The van der Waals surface area contributed by atoms with Crippen LogP contribution >= 0.6 is 0 Å². The molecule has 0 unspecified atom stereocenters. The third-order valence-corrected chi connectivity index (χ3v) is 0.167. The van der Waals surface area contributed by atoms with Crippen LogP contribution < -0.4 is 11.5 Å². The number of nitrogens with two attached hydrogens (primary N) is 2. The van der Waals surface area contributed by atoms with Gasteiger partial charge in [0.2, 0.25) is 0 Å². The van der Waals surface area contributed by atoms with Crippen LogP contribution in [0.15, 0.2) is 0 Å². The summed E-state index contributed by atoms with van der Waals surface area (Å²) in [5.41, 5.74) is 9.81. The number of rotatable bonds is 1. The third kappa shape index (κ3) is 14700. The van der Waals surface area contributed by atoms with E-state index in [1.807, 2.05) is 0 Å². The van der Waals surface area contributed by atoms with Crippen LogP contribution in [0, 0.1) is 0 Å². The van der Waals surface area contributed by atoms with Gasteiger partial charge in [0.15, 0.2) is 0 Å². The number of carboxylic acids is 4. The summed E-state index contributed by atoms with van der Waals surface area (Å²) >= 11 is 0. The Morgan fingerprint density at radius 3 is 0.652 bits per heavy atom. The van der Waals surface area contributed by atoms with Crippen molar-refractivity contribution in [2.45, 2.75) is 27.7 Å². The average Bonchev–Trinajstić information content (AvgIpc) is 2.13. The van der Waals surface area contributed by atoms with Gasteiger partial charge in [0.25, 0.3) is 23.9 Å². The molecule has 0 aromatic heterocycles. The van der Waals surface area contributed by atoms with Crippen molar-refractivity contribution >= 4 is 83.0 Å². The number of hydrogen-bond acceptors (Lipinski definition) is 6. The van der Waals surface area contributed by atoms with Gasteiger partial charge in [0.1, 0.15) is 0 Å². The molecule has 132 valence electrons. The first-order chi connectivity index (χ1) is 8.84. The van der Waals surface area contributed by atoms with Gasteiger partial charge in [0.05, 0.1) is 0 Å². The van der Waals surface area contributed by atoms with Crippen molar-refractivity contribution in [3.8, 4) is 0 Å². The van der Waals surface area contributed by atoms with Crippen LogP contribution in [0.1, 0.15) is 27.7 Å². The molecule has 0 aliphatic rings. The molecule has 0 saturated heterocycles. The molecular formula is C10H26N2Na2O9. The summed E-state index contributed by atoms with van der Waals surface area (Å²) in [6.45, 7) is 5.53. The van der Waals surface area contributed by atoms with E-state index >= 15 is 0 Å². The minimum Gasteiger partial charge on any atom is -0.481 e. The van der Waals surface area contributed by atoms with Gasteiger partial charge < -0.3 is 37.4 Å². The molecule has 0 aliphatic heterocycles. The number of hydrogen-bond donors (Lipinski definition) is 6. The van der Waals surface area contributed by atoms with Crippen LogP contribution in [0.5, 0.6) is 0 Å². The van der Waals surface area contributed by atoms with E-state index in [0.717, 1.165) is 27.7 Å². The van der Waals surface area contributed by atoms with Gasteiger partial charge in [-0.15, -0.1) is 0 Å². The number of aliphatic carboxylic acids is 4. The van der Waals surface area contributed by atoms with E-state index in [1.54, 1.807) is 0 Å². The first-order valence-corrected chi connectivity index (χ1v) is 5.03. The Hall–Kier alpha value is -0.240. The van der Waals surface area contributed by atoms with Crippen LogP contribution in [-0.4, -0.2) is 122 Å². The molecule has 0 aromatic rings. The standard InChI is InChI=1S/C2H8N2.4C2H4O2.2Na.H2O/c3-1-2-4;4*1-2(3)4;;;/h1-4H2;4*1H3,(H,3,4);;;1H2. The molecule has 0 amide bonds. The van der Waals surface area contributed by atoms with Gasteiger partial charge >= 0.3 is 0 Å². The molecular weight excluding hydrogens is 338 g/mol. The van der Waals surface area contributed by atoms with Crippen LogP contribution in [0.25, 0.3) is 0 Å². The molecule has 0 bridgehead atoms. The largest absolute Gasteiger partial charge is 0.481 e. The maximum atomic E-state index is 9.00. The molecule has 0 spiro atoms. The Kier molecular flexibility index (Phi) is 107. The Labute approximate surface area is 179 Å². The topological polar surface area (TPSA) is 233 Å². The summed E-state index contributed by atoms with van der Waals surface area (Å²) in [4.78, 5) is 36.0. The van der Waals surface area contributed by atoms with Gasteiger partial charge in [-0.25, -0.2) is 0 Å². The molecule has 0 rings (SSSR count). The van der Waals surface area contributed by atoms with Crippen LogP contribution in [0.2, 0.25) is 0 Å². The monoisotopic (exact) mass is 364 g/mol. The smallest absolute Gasteiger partial charge is 0.300 e. The quantitative estimate of drug-likeness (QED) is 0.272. The summed E-state index contributed by atoms with van der Waals surface area (Å²) in [7, 11) is 0. The summed E-state index contributed by atoms with van der Waals surface area (Å²) in [6.07, 6.45) is 0. The Bertz CT molecular complexity index is 201. The molecule has 0 aromatic carbocycles. The predicted molar refractivity (Wildman–Crippen MR) is 86.5 cm³/mol. The van der Waals surface area contributed by atoms with E-state index in [4.69, 9.17) is 51.1 Å². The second-order valence-electron chi connectivity index (χ2n) is 2.65. The molecule has 0 heterocycles. The first kappa shape index (κ1) is 49.5. The molecule has 0 fully saturated rings. The van der Waals surface area contributed by atoms with Crippen molar-refractivity contribution in [1.82, 2.24) is 0 Å².